The molecule has 2 rings (SSSR count). The van der Waals surface area contributed by atoms with E-state index in [1.165, 1.54) is 6.07 Å². The smallest absolute Gasteiger partial charge is 0.288 e. The number of rotatable bonds is 4. The highest BCUT2D eigenvalue weighted by molar-refractivity contribution is 6.37. The minimum Gasteiger partial charge on any atom is -0.321 e. The summed E-state index contributed by atoms with van der Waals surface area (Å²) in [6.07, 6.45) is 1.15. The molecule has 6 nitrogen and oxygen atoms in total. The van der Waals surface area contributed by atoms with Gasteiger partial charge in [0.25, 0.3) is 11.6 Å². The zero-order valence-corrected chi connectivity index (χ0v) is 14.6. The molecule has 2 aromatic carbocycles. The Hall–Kier alpha value is -2.59. The number of nitro groups is 1. The largest absolute Gasteiger partial charge is 0.321 e. The number of nitrogens with one attached hydrogen (secondary N) is 1. The van der Waals surface area contributed by atoms with E-state index in [1.807, 2.05) is 0 Å². The van der Waals surface area contributed by atoms with Crippen LogP contribution in [0.1, 0.15) is 5.56 Å². The van der Waals surface area contributed by atoms with Crippen molar-refractivity contribution in [2.45, 2.75) is 0 Å². The number of nitro benzene ring substituents is 1. The summed E-state index contributed by atoms with van der Waals surface area (Å²) in [7, 11) is 0. The van der Waals surface area contributed by atoms with E-state index in [0.29, 0.717) is 10.7 Å². The Balaban J connectivity index is 2.35. The number of anilines is 1. The number of halogens is 3. The van der Waals surface area contributed by atoms with E-state index in [4.69, 9.17) is 34.8 Å². The van der Waals surface area contributed by atoms with Crippen molar-refractivity contribution >= 4 is 58.2 Å². The van der Waals surface area contributed by atoms with Crippen molar-refractivity contribution in [2.24, 2.45) is 0 Å². The molecular formula is C16H8Cl3N3O3. The number of amides is 1. The van der Waals surface area contributed by atoms with Gasteiger partial charge in [-0.15, -0.1) is 0 Å². The van der Waals surface area contributed by atoms with Gasteiger partial charge in [0.15, 0.2) is 0 Å². The molecule has 0 aliphatic rings. The molecule has 9 heteroatoms. The highest BCUT2D eigenvalue weighted by Gasteiger charge is 2.17. The molecule has 0 fully saturated rings. The predicted octanol–water partition coefficient (Wildman–Crippen LogP) is 5.10. The SMILES string of the molecule is N#C/C(=C/c1cc([N+](=O)[O-])c(Cl)cc1Cl)C(=O)Nc1ccc(Cl)cc1. The molecule has 0 saturated heterocycles. The topological polar surface area (TPSA) is 96.0 Å². The second-order valence-corrected chi connectivity index (χ2v) is 5.96. The summed E-state index contributed by atoms with van der Waals surface area (Å²) in [4.78, 5) is 22.5. The molecule has 0 heterocycles. The normalized spacial score (nSPS) is 10.9. The van der Waals surface area contributed by atoms with Crippen LogP contribution in [0.4, 0.5) is 11.4 Å². The molecule has 0 saturated carbocycles. The average Bonchev–Trinajstić information content (AvgIpc) is 2.55. The average molecular weight is 397 g/mol. The third-order valence-electron chi connectivity index (χ3n) is 3.03. The molecule has 2 aromatic rings. The first kappa shape index (κ1) is 18.7. The lowest BCUT2D eigenvalue weighted by Crippen LogP contribution is -2.13. The fourth-order valence-electron chi connectivity index (χ4n) is 1.84. The molecule has 1 amide bonds. The second-order valence-electron chi connectivity index (χ2n) is 4.71. The molecule has 0 bridgehead atoms. The molecule has 0 aliphatic heterocycles. The van der Waals surface area contributed by atoms with Crippen LogP contribution in [0.5, 0.6) is 0 Å². The molecule has 0 aromatic heterocycles. The Morgan fingerprint density at radius 3 is 2.36 bits per heavy atom. The number of carbonyl (C=O) groups is 1. The van der Waals surface area contributed by atoms with Crippen molar-refractivity contribution in [1.82, 2.24) is 0 Å². The molecule has 1 N–H and O–H groups in total. The Labute approximate surface area is 157 Å². The standard InChI is InChI=1S/C16H8Cl3N3O3/c17-11-1-3-12(4-2-11)21-16(23)10(8-20)5-9-6-15(22(24)25)14(19)7-13(9)18/h1-7H,(H,21,23)/b10-5-. The summed E-state index contributed by atoms with van der Waals surface area (Å²) in [6.45, 7) is 0. The first-order valence-electron chi connectivity index (χ1n) is 6.64. The van der Waals surface area contributed by atoms with Crippen LogP contribution in [-0.4, -0.2) is 10.8 Å². The zero-order chi connectivity index (χ0) is 18.6. The van der Waals surface area contributed by atoms with Crippen molar-refractivity contribution in [3.05, 3.63) is 72.7 Å². The van der Waals surface area contributed by atoms with Gasteiger partial charge in [0, 0.05) is 27.4 Å². The van der Waals surface area contributed by atoms with Crippen molar-refractivity contribution in [2.75, 3.05) is 5.32 Å². The van der Waals surface area contributed by atoms with E-state index in [9.17, 15) is 20.2 Å². The van der Waals surface area contributed by atoms with Crippen LogP contribution in [0.25, 0.3) is 6.08 Å². The third-order valence-corrected chi connectivity index (χ3v) is 3.91. The van der Waals surface area contributed by atoms with Gasteiger partial charge in [0.05, 0.1) is 4.92 Å². The summed E-state index contributed by atoms with van der Waals surface area (Å²) >= 11 is 17.5. The van der Waals surface area contributed by atoms with Crippen LogP contribution in [0, 0.1) is 21.4 Å². The zero-order valence-electron chi connectivity index (χ0n) is 12.3. The van der Waals surface area contributed by atoms with E-state index in [0.717, 1.165) is 12.1 Å². The van der Waals surface area contributed by atoms with Gasteiger partial charge >= 0.3 is 0 Å². The van der Waals surface area contributed by atoms with Crippen LogP contribution in [-0.2, 0) is 4.79 Å². The van der Waals surface area contributed by atoms with Gasteiger partial charge in [-0.05, 0) is 36.4 Å². The maximum absolute atomic E-state index is 12.2. The van der Waals surface area contributed by atoms with E-state index in [-0.39, 0.29) is 26.9 Å². The van der Waals surface area contributed by atoms with E-state index in [2.05, 4.69) is 5.32 Å². The molecular weight excluding hydrogens is 389 g/mol. The molecule has 126 valence electrons. The first-order chi connectivity index (χ1) is 11.8. The highest BCUT2D eigenvalue weighted by atomic mass is 35.5. The van der Waals surface area contributed by atoms with Crippen LogP contribution in [0.2, 0.25) is 15.1 Å². The lowest BCUT2D eigenvalue weighted by atomic mass is 10.1. The lowest BCUT2D eigenvalue weighted by molar-refractivity contribution is -0.384. The Morgan fingerprint density at radius 1 is 1.16 bits per heavy atom. The van der Waals surface area contributed by atoms with Crippen molar-refractivity contribution in [1.29, 1.82) is 5.26 Å². The molecule has 0 atom stereocenters. The van der Waals surface area contributed by atoms with Crippen molar-refractivity contribution in [3.63, 3.8) is 0 Å². The van der Waals surface area contributed by atoms with Crippen LogP contribution in [0.15, 0.2) is 42.0 Å². The van der Waals surface area contributed by atoms with E-state index >= 15 is 0 Å². The number of nitriles is 1. The first-order valence-corrected chi connectivity index (χ1v) is 7.77. The number of nitrogens with zero attached hydrogens (tertiary/aromatic N) is 2. The number of hydrogen-bond acceptors (Lipinski definition) is 4. The van der Waals surface area contributed by atoms with Crippen molar-refractivity contribution in [3.8, 4) is 6.07 Å². The van der Waals surface area contributed by atoms with Crippen molar-refractivity contribution < 1.29 is 9.72 Å². The predicted molar refractivity (Wildman–Crippen MR) is 96.8 cm³/mol. The monoisotopic (exact) mass is 395 g/mol. The molecule has 0 unspecified atom stereocenters. The minimum atomic E-state index is -0.696. The third kappa shape index (κ3) is 4.70. The molecule has 0 aliphatic carbocycles. The summed E-state index contributed by atoms with van der Waals surface area (Å²) in [5.41, 5.74) is -0.106. The molecule has 25 heavy (non-hydrogen) atoms. The number of benzene rings is 2. The molecule has 0 spiro atoms. The quantitative estimate of drug-likeness (QED) is 0.336. The van der Waals surface area contributed by atoms with Gasteiger partial charge in [-0.1, -0.05) is 34.8 Å². The van der Waals surface area contributed by atoms with Gasteiger partial charge < -0.3 is 5.32 Å². The van der Waals surface area contributed by atoms with Crippen LogP contribution in [0.3, 0.4) is 0 Å². The van der Waals surface area contributed by atoms with Gasteiger partial charge in [-0.25, -0.2) is 0 Å². The Morgan fingerprint density at radius 2 is 1.80 bits per heavy atom. The fraction of sp³-hybridized carbons (Fsp3) is 0. The highest BCUT2D eigenvalue weighted by Crippen LogP contribution is 2.32. The summed E-state index contributed by atoms with van der Waals surface area (Å²) in [5, 5.41) is 23.1. The maximum atomic E-state index is 12.2. The van der Waals surface area contributed by atoms with Crippen LogP contribution < -0.4 is 5.32 Å². The summed E-state index contributed by atoms with van der Waals surface area (Å²) in [6, 6.07) is 10.3. The lowest BCUT2D eigenvalue weighted by Gasteiger charge is -2.05. The van der Waals surface area contributed by atoms with E-state index in [1.54, 1.807) is 30.3 Å². The Kier molecular flexibility index (Phi) is 5.99. The fourth-order valence-corrected chi connectivity index (χ4v) is 2.47. The summed E-state index contributed by atoms with van der Waals surface area (Å²) < 4.78 is 0. The second kappa shape index (κ2) is 7.99. The minimum absolute atomic E-state index is 0.0719. The van der Waals surface area contributed by atoms with Gasteiger partial charge in [0.1, 0.15) is 16.7 Å². The number of carbonyl (C=O) groups excluding carboxylic acids is 1. The molecule has 0 radical (unpaired) electrons. The van der Waals surface area contributed by atoms with Gasteiger partial charge in [-0.3, -0.25) is 14.9 Å². The summed E-state index contributed by atoms with van der Waals surface area (Å²) in [5.74, 6) is -0.696. The Bertz CT molecular complexity index is 919. The van der Waals surface area contributed by atoms with Gasteiger partial charge in [0.2, 0.25) is 0 Å². The van der Waals surface area contributed by atoms with Crippen LogP contribution >= 0.6 is 34.8 Å². The number of hydrogen-bond donors (Lipinski definition) is 1. The van der Waals surface area contributed by atoms with Gasteiger partial charge in [-0.2, -0.15) is 5.26 Å². The van der Waals surface area contributed by atoms with E-state index < -0.39 is 10.8 Å². The maximum Gasteiger partial charge on any atom is 0.288 e.